The number of rotatable bonds is 4. The summed E-state index contributed by atoms with van der Waals surface area (Å²) in [5.41, 5.74) is 0.0766. The molecule has 1 unspecified atom stereocenters. The molecule has 0 amide bonds. The van der Waals surface area contributed by atoms with Crippen molar-refractivity contribution in [2.24, 2.45) is 5.41 Å². The number of imidazole rings is 1. The van der Waals surface area contributed by atoms with Gasteiger partial charge in [0.2, 0.25) is 0 Å². The van der Waals surface area contributed by atoms with Crippen LogP contribution in [0.15, 0.2) is 33.7 Å². The van der Waals surface area contributed by atoms with Crippen LogP contribution < -0.4 is 5.56 Å². The van der Waals surface area contributed by atoms with E-state index in [1.54, 1.807) is 6.07 Å². The van der Waals surface area contributed by atoms with Crippen LogP contribution in [-0.4, -0.2) is 40.4 Å². The molecule has 31 heavy (non-hydrogen) atoms. The van der Waals surface area contributed by atoms with Crippen LogP contribution in [0, 0.1) is 11.2 Å². The fraction of sp³-hybridized carbons (Fsp3) is 0.381. The van der Waals surface area contributed by atoms with E-state index in [-0.39, 0.29) is 34.6 Å². The molecule has 3 aromatic rings. The van der Waals surface area contributed by atoms with Crippen molar-refractivity contribution in [3.05, 3.63) is 61.5 Å². The van der Waals surface area contributed by atoms with Crippen molar-refractivity contribution in [2.45, 2.75) is 26.4 Å². The maximum atomic E-state index is 14.9. The number of nitrogens with zero attached hydrogens (tertiary/aromatic N) is 3. The van der Waals surface area contributed by atoms with Gasteiger partial charge in [-0.3, -0.25) is 4.79 Å². The standard InChI is InChI=1S/C21H20BrClFN3O4/c1-21(2)10-31-9-16(21)27-15-5-11(20(29)30-3)4-14(24)19(15)25-17(27)8-26-7-13(23)12(22)6-18(26)28/h4-7,16H,8-10H2,1-3H3. The molecule has 0 N–H and O–H groups in total. The molecule has 0 bridgehead atoms. The summed E-state index contributed by atoms with van der Waals surface area (Å²) in [6, 6.07) is 3.86. The van der Waals surface area contributed by atoms with Crippen LogP contribution in [0.25, 0.3) is 11.0 Å². The van der Waals surface area contributed by atoms with Gasteiger partial charge in [-0.1, -0.05) is 25.4 Å². The van der Waals surface area contributed by atoms with Crippen molar-refractivity contribution in [3.8, 4) is 0 Å². The van der Waals surface area contributed by atoms with Crippen LogP contribution in [0.5, 0.6) is 0 Å². The minimum absolute atomic E-state index is 0.0695. The fourth-order valence-corrected chi connectivity index (χ4v) is 4.34. The van der Waals surface area contributed by atoms with Crippen molar-refractivity contribution in [2.75, 3.05) is 20.3 Å². The van der Waals surface area contributed by atoms with E-state index in [1.807, 2.05) is 18.4 Å². The van der Waals surface area contributed by atoms with Gasteiger partial charge in [0.1, 0.15) is 11.3 Å². The summed E-state index contributed by atoms with van der Waals surface area (Å²) >= 11 is 9.41. The molecular formula is C21H20BrClFN3O4. The fourth-order valence-electron chi connectivity index (χ4n) is 3.87. The summed E-state index contributed by atoms with van der Waals surface area (Å²) in [5, 5.41) is 0.367. The van der Waals surface area contributed by atoms with E-state index in [9.17, 15) is 14.0 Å². The average molecular weight is 513 g/mol. The Morgan fingerprint density at radius 3 is 2.81 bits per heavy atom. The summed E-state index contributed by atoms with van der Waals surface area (Å²) in [7, 11) is 1.24. The molecule has 1 fully saturated rings. The lowest BCUT2D eigenvalue weighted by atomic mass is 9.87. The van der Waals surface area contributed by atoms with Crippen LogP contribution in [0.4, 0.5) is 4.39 Å². The summed E-state index contributed by atoms with van der Waals surface area (Å²) < 4.78 is 29.2. The molecule has 0 aliphatic carbocycles. The van der Waals surface area contributed by atoms with Gasteiger partial charge >= 0.3 is 5.97 Å². The zero-order valence-electron chi connectivity index (χ0n) is 17.1. The van der Waals surface area contributed by atoms with Crippen LogP contribution in [0.2, 0.25) is 5.02 Å². The predicted octanol–water partition coefficient (Wildman–Crippen LogP) is 4.19. The minimum Gasteiger partial charge on any atom is -0.465 e. The van der Waals surface area contributed by atoms with Crippen molar-refractivity contribution in [1.82, 2.24) is 14.1 Å². The number of esters is 1. The molecule has 1 aliphatic heterocycles. The van der Waals surface area contributed by atoms with Crippen LogP contribution in [0.3, 0.4) is 0 Å². The summed E-state index contributed by atoms with van der Waals surface area (Å²) in [5.74, 6) is -0.830. The highest BCUT2D eigenvalue weighted by atomic mass is 79.9. The third-order valence-corrected chi connectivity index (χ3v) is 6.73. The number of fused-ring (bicyclic) bond motifs is 1. The zero-order chi connectivity index (χ0) is 22.5. The first-order valence-electron chi connectivity index (χ1n) is 9.54. The first-order valence-corrected chi connectivity index (χ1v) is 10.7. The monoisotopic (exact) mass is 511 g/mol. The molecule has 7 nitrogen and oxygen atoms in total. The molecule has 164 valence electrons. The third-order valence-electron chi connectivity index (χ3n) is 5.55. The summed E-state index contributed by atoms with van der Waals surface area (Å²) in [6.45, 7) is 5.07. The number of benzene rings is 1. The number of carbonyl (C=O) groups excluding carboxylic acids is 1. The summed E-state index contributed by atoms with van der Waals surface area (Å²) in [4.78, 5) is 29.1. The topological polar surface area (TPSA) is 75.4 Å². The number of ether oxygens (including phenoxy) is 2. The number of hydrogen-bond acceptors (Lipinski definition) is 5. The lowest BCUT2D eigenvalue weighted by Gasteiger charge is -2.28. The van der Waals surface area contributed by atoms with Crippen molar-refractivity contribution < 1.29 is 18.7 Å². The molecule has 0 saturated carbocycles. The number of methoxy groups -OCH3 is 1. The number of carbonyl (C=O) groups is 1. The first kappa shape index (κ1) is 22.0. The molecular weight excluding hydrogens is 493 g/mol. The van der Waals surface area contributed by atoms with E-state index >= 15 is 0 Å². The Hall–Kier alpha value is -2.23. The number of halogens is 3. The second-order valence-corrected chi connectivity index (χ2v) is 9.43. The molecule has 3 heterocycles. The largest absolute Gasteiger partial charge is 0.465 e. The van der Waals surface area contributed by atoms with Crippen molar-refractivity contribution in [3.63, 3.8) is 0 Å². The molecule has 10 heteroatoms. The Labute approximate surface area is 190 Å². The third kappa shape index (κ3) is 3.90. The quantitative estimate of drug-likeness (QED) is 0.490. The van der Waals surface area contributed by atoms with E-state index in [0.717, 1.165) is 6.07 Å². The SMILES string of the molecule is COC(=O)c1cc(F)c2nc(Cn3cc(Cl)c(Br)cc3=O)n(C3COCC3(C)C)c2c1. The molecule has 1 saturated heterocycles. The highest BCUT2D eigenvalue weighted by molar-refractivity contribution is 9.10. The molecule has 1 atom stereocenters. The number of pyridine rings is 1. The molecule has 0 spiro atoms. The van der Waals surface area contributed by atoms with Crippen LogP contribution >= 0.6 is 27.5 Å². The van der Waals surface area contributed by atoms with Crippen molar-refractivity contribution in [1.29, 1.82) is 0 Å². The van der Waals surface area contributed by atoms with E-state index in [1.165, 1.54) is 23.9 Å². The lowest BCUT2D eigenvalue weighted by molar-refractivity contribution is 0.0600. The maximum Gasteiger partial charge on any atom is 0.338 e. The molecule has 2 aromatic heterocycles. The first-order chi connectivity index (χ1) is 14.6. The van der Waals surface area contributed by atoms with Gasteiger partial charge in [0.25, 0.3) is 5.56 Å². The summed E-state index contributed by atoms with van der Waals surface area (Å²) in [6.07, 6.45) is 1.50. The Balaban J connectivity index is 1.95. The molecule has 1 aliphatic rings. The van der Waals surface area contributed by atoms with Gasteiger partial charge in [-0.05, 0) is 28.1 Å². The number of aromatic nitrogens is 3. The normalized spacial score (nSPS) is 17.9. The van der Waals surface area contributed by atoms with Crippen molar-refractivity contribution >= 4 is 44.5 Å². The number of hydrogen-bond donors (Lipinski definition) is 0. The predicted molar refractivity (Wildman–Crippen MR) is 117 cm³/mol. The highest BCUT2D eigenvalue weighted by Gasteiger charge is 2.39. The second-order valence-electron chi connectivity index (χ2n) is 8.17. The van der Waals surface area contributed by atoms with Gasteiger partial charge in [-0.25, -0.2) is 14.2 Å². The van der Waals surface area contributed by atoms with E-state index < -0.39 is 11.8 Å². The zero-order valence-corrected chi connectivity index (χ0v) is 19.5. The van der Waals surface area contributed by atoms with E-state index in [2.05, 4.69) is 20.9 Å². The Morgan fingerprint density at radius 2 is 2.16 bits per heavy atom. The van der Waals surface area contributed by atoms with Crippen LogP contribution in [-0.2, 0) is 16.0 Å². The smallest absolute Gasteiger partial charge is 0.338 e. The van der Waals surface area contributed by atoms with Gasteiger partial charge in [0.05, 0.1) is 49.0 Å². The molecule has 0 radical (unpaired) electrons. The van der Waals surface area contributed by atoms with Gasteiger partial charge in [-0.15, -0.1) is 0 Å². The average Bonchev–Trinajstić information content (AvgIpc) is 3.24. The highest BCUT2D eigenvalue weighted by Crippen LogP contribution is 2.40. The lowest BCUT2D eigenvalue weighted by Crippen LogP contribution is -2.28. The Kier molecular flexibility index (Phi) is 5.70. The second kappa shape index (κ2) is 8.03. The van der Waals surface area contributed by atoms with E-state index in [4.69, 9.17) is 21.1 Å². The molecule has 4 rings (SSSR count). The van der Waals surface area contributed by atoms with Gasteiger partial charge < -0.3 is 18.6 Å². The van der Waals surface area contributed by atoms with Gasteiger partial charge in [0, 0.05) is 22.2 Å². The van der Waals surface area contributed by atoms with Gasteiger partial charge in [-0.2, -0.15) is 0 Å². The van der Waals surface area contributed by atoms with Crippen LogP contribution in [0.1, 0.15) is 36.1 Å². The van der Waals surface area contributed by atoms with Gasteiger partial charge in [0.15, 0.2) is 5.82 Å². The maximum absolute atomic E-state index is 14.9. The van der Waals surface area contributed by atoms with E-state index in [0.29, 0.717) is 34.1 Å². The molecule has 1 aromatic carbocycles. The Bertz CT molecular complexity index is 1250. The minimum atomic E-state index is -0.645. The Morgan fingerprint density at radius 1 is 1.42 bits per heavy atom.